The van der Waals surface area contributed by atoms with Crippen LogP contribution in [0.15, 0.2) is 52.0 Å². The zero-order chi connectivity index (χ0) is 20.3. The zero-order valence-corrected chi connectivity index (χ0v) is 16.3. The van der Waals surface area contributed by atoms with Gasteiger partial charge in [-0.1, -0.05) is 4.47 Å². The molecule has 0 radical (unpaired) electrons. The first-order chi connectivity index (χ1) is 13.3. The largest absolute Gasteiger partial charge is 0.459 e. The fourth-order valence-electron chi connectivity index (χ4n) is 3.01. The Bertz CT molecular complexity index is 940. The molecule has 0 saturated carbocycles. The van der Waals surface area contributed by atoms with Crippen LogP contribution in [-0.2, 0) is 19.7 Å². The number of sulfonamides is 1. The van der Waals surface area contributed by atoms with Crippen LogP contribution in [-0.4, -0.2) is 56.3 Å². The number of furan rings is 1. The summed E-state index contributed by atoms with van der Waals surface area (Å²) in [7, 11) is -1.22. The van der Waals surface area contributed by atoms with Crippen LogP contribution in [0.4, 0.5) is 5.69 Å². The average molecular weight is 407 g/mol. The number of amides is 2. The van der Waals surface area contributed by atoms with Crippen LogP contribution in [0.5, 0.6) is 0 Å². The highest BCUT2D eigenvalue weighted by atomic mass is 32.2. The first-order valence-electron chi connectivity index (χ1n) is 8.63. The molecule has 1 aromatic heterocycles. The molecule has 0 bridgehead atoms. The summed E-state index contributed by atoms with van der Waals surface area (Å²) in [5.74, 6) is -0.467. The van der Waals surface area contributed by atoms with E-state index < -0.39 is 16.1 Å². The molecule has 2 heterocycles. The number of anilines is 1. The maximum Gasteiger partial charge on any atom is 0.290 e. The van der Waals surface area contributed by atoms with Crippen molar-refractivity contribution in [2.24, 2.45) is 0 Å². The van der Waals surface area contributed by atoms with Gasteiger partial charge in [-0.3, -0.25) is 14.4 Å². The third-order valence-electron chi connectivity index (χ3n) is 4.56. The lowest BCUT2D eigenvalue weighted by Crippen LogP contribution is -2.43. The molecule has 1 N–H and O–H groups in total. The topological polar surface area (TPSA) is 109 Å². The summed E-state index contributed by atoms with van der Waals surface area (Å²) in [6, 6.07) is 8.30. The lowest BCUT2D eigenvalue weighted by atomic mass is 10.2. The van der Waals surface area contributed by atoms with Gasteiger partial charge in [-0.25, -0.2) is 8.42 Å². The van der Waals surface area contributed by atoms with Crippen LogP contribution in [0.3, 0.4) is 0 Å². The van der Waals surface area contributed by atoms with Crippen molar-refractivity contribution in [3.8, 4) is 0 Å². The van der Waals surface area contributed by atoms with E-state index in [-0.39, 0.29) is 22.5 Å². The summed E-state index contributed by atoms with van der Waals surface area (Å²) in [5.41, 5.74) is 0.432. The monoisotopic (exact) mass is 407 g/mol. The smallest absolute Gasteiger partial charge is 0.290 e. The zero-order valence-electron chi connectivity index (χ0n) is 15.5. The van der Waals surface area contributed by atoms with E-state index >= 15 is 0 Å². The van der Waals surface area contributed by atoms with Crippen molar-refractivity contribution < 1.29 is 27.3 Å². The highest BCUT2D eigenvalue weighted by molar-refractivity contribution is 7.89. The lowest BCUT2D eigenvalue weighted by molar-refractivity contribution is -0.119. The van der Waals surface area contributed by atoms with Gasteiger partial charge >= 0.3 is 0 Å². The van der Waals surface area contributed by atoms with Crippen LogP contribution in [0.1, 0.15) is 23.4 Å². The fraction of sp³-hybridized carbons (Fsp3) is 0.333. The van der Waals surface area contributed by atoms with Gasteiger partial charge < -0.3 is 14.6 Å². The Morgan fingerprint density at radius 2 is 1.96 bits per heavy atom. The van der Waals surface area contributed by atoms with E-state index in [0.29, 0.717) is 25.1 Å². The van der Waals surface area contributed by atoms with Gasteiger partial charge in [-0.2, -0.15) is 0 Å². The van der Waals surface area contributed by atoms with Crippen molar-refractivity contribution in [3.05, 3.63) is 48.4 Å². The summed E-state index contributed by atoms with van der Waals surface area (Å²) in [6.07, 6.45) is 2.67. The minimum Gasteiger partial charge on any atom is -0.459 e. The molecule has 3 rings (SSSR count). The molecule has 10 heteroatoms. The molecule has 1 fully saturated rings. The number of likely N-dealkylation sites (tertiary alicyclic amines) is 1. The van der Waals surface area contributed by atoms with Gasteiger partial charge in [0.15, 0.2) is 5.76 Å². The van der Waals surface area contributed by atoms with Crippen molar-refractivity contribution in [2.75, 3.05) is 26.0 Å². The number of benzene rings is 1. The number of carbonyl (C=O) groups excluding carboxylic acids is 2. The lowest BCUT2D eigenvalue weighted by Gasteiger charge is -2.23. The first-order valence-corrected chi connectivity index (χ1v) is 10.1. The van der Waals surface area contributed by atoms with Crippen LogP contribution in [0.2, 0.25) is 0 Å². The fourth-order valence-corrected chi connectivity index (χ4v) is 3.98. The van der Waals surface area contributed by atoms with Crippen LogP contribution < -0.4 is 5.32 Å². The van der Waals surface area contributed by atoms with Crippen molar-refractivity contribution in [3.63, 3.8) is 0 Å². The van der Waals surface area contributed by atoms with Gasteiger partial charge in [0.1, 0.15) is 6.04 Å². The standard InChI is InChI=1S/C18H21N3O6S/c1-20(26-2)28(24,25)14-9-7-13(8-10-14)19-17(22)15-5-3-11-21(15)18(23)16-6-4-12-27-16/h4,6-10,12,15H,3,5,11H2,1-2H3,(H,19,22). The molecule has 1 aliphatic heterocycles. The number of rotatable bonds is 6. The van der Waals surface area contributed by atoms with E-state index in [1.165, 1.54) is 49.6 Å². The van der Waals surface area contributed by atoms with Crippen molar-refractivity contribution >= 4 is 27.5 Å². The van der Waals surface area contributed by atoms with Gasteiger partial charge in [0.25, 0.3) is 15.9 Å². The summed E-state index contributed by atoms with van der Waals surface area (Å²) < 4.78 is 30.3. The maximum atomic E-state index is 12.7. The third kappa shape index (κ3) is 3.93. The molecule has 9 nitrogen and oxygen atoms in total. The molecular formula is C18H21N3O6S. The summed E-state index contributed by atoms with van der Waals surface area (Å²) >= 11 is 0. The number of hydrogen-bond acceptors (Lipinski definition) is 6. The highest BCUT2D eigenvalue weighted by Gasteiger charge is 2.35. The molecule has 28 heavy (non-hydrogen) atoms. The molecule has 150 valence electrons. The summed E-state index contributed by atoms with van der Waals surface area (Å²) in [5, 5.41) is 2.73. The third-order valence-corrected chi connectivity index (χ3v) is 6.26. The SMILES string of the molecule is CON(C)S(=O)(=O)c1ccc(NC(=O)C2CCCN2C(=O)c2ccco2)cc1. The second-order valence-corrected chi connectivity index (χ2v) is 8.18. The highest BCUT2D eigenvalue weighted by Crippen LogP contribution is 2.23. The minimum absolute atomic E-state index is 0.0327. The molecule has 1 saturated heterocycles. The Balaban J connectivity index is 1.70. The molecule has 1 atom stereocenters. The van der Waals surface area contributed by atoms with Crippen LogP contribution in [0.25, 0.3) is 0 Å². The quantitative estimate of drug-likeness (QED) is 0.730. The summed E-state index contributed by atoms with van der Waals surface area (Å²) in [6.45, 7) is 0.470. The Morgan fingerprint density at radius 1 is 1.25 bits per heavy atom. The molecule has 0 spiro atoms. The Morgan fingerprint density at radius 3 is 2.57 bits per heavy atom. The van der Waals surface area contributed by atoms with Crippen molar-refractivity contribution in [1.29, 1.82) is 0 Å². The molecule has 1 aromatic carbocycles. The number of carbonyl (C=O) groups is 2. The van der Waals surface area contributed by atoms with E-state index in [1.54, 1.807) is 12.1 Å². The molecule has 2 amide bonds. The minimum atomic E-state index is -3.76. The van der Waals surface area contributed by atoms with E-state index in [1.807, 2.05) is 0 Å². The number of nitrogens with one attached hydrogen (secondary N) is 1. The van der Waals surface area contributed by atoms with E-state index in [4.69, 9.17) is 9.25 Å². The van der Waals surface area contributed by atoms with E-state index in [9.17, 15) is 18.0 Å². The predicted octanol–water partition coefficient (Wildman–Crippen LogP) is 1.70. The molecule has 0 aliphatic carbocycles. The number of hydroxylamine groups is 1. The van der Waals surface area contributed by atoms with Gasteiger partial charge in [0, 0.05) is 19.3 Å². The van der Waals surface area contributed by atoms with Gasteiger partial charge in [0.05, 0.1) is 18.3 Å². The van der Waals surface area contributed by atoms with Gasteiger partial charge in [0.2, 0.25) is 5.91 Å². The van der Waals surface area contributed by atoms with Crippen molar-refractivity contribution in [2.45, 2.75) is 23.8 Å². The number of hydrogen-bond donors (Lipinski definition) is 1. The molecule has 1 aliphatic rings. The maximum absolute atomic E-state index is 12.7. The second kappa shape index (κ2) is 8.13. The molecule has 2 aromatic rings. The van der Waals surface area contributed by atoms with Crippen LogP contribution >= 0.6 is 0 Å². The second-order valence-electron chi connectivity index (χ2n) is 6.24. The van der Waals surface area contributed by atoms with E-state index in [2.05, 4.69) is 5.32 Å². The Kier molecular flexibility index (Phi) is 5.82. The normalized spacial score (nSPS) is 17.1. The van der Waals surface area contributed by atoms with Crippen LogP contribution in [0, 0.1) is 0 Å². The van der Waals surface area contributed by atoms with Gasteiger partial charge in [-0.05, 0) is 49.2 Å². The Labute approximate surface area is 162 Å². The summed E-state index contributed by atoms with van der Waals surface area (Å²) in [4.78, 5) is 31.4. The first kappa shape index (κ1) is 20.1. The Hall–Kier alpha value is -2.69. The van der Waals surface area contributed by atoms with Crippen molar-refractivity contribution in [1.82, 2.24) is 9.37 Å². The van der Waals surface area contributed by atoms with E-state index in [0.717, 1.165) is 4.47 Å². The average Bonchev–Trinajstić information content (AvgIpc) is 3.39. The molecule has 1 unspecified atom stereocenters. The predicted molar refractivity (Wildman–Crippen MR) is 99.8 cm³/mol. The van der Waals surface area contributed by atoms with Gasteiger partial charge in [-0.15, -0.1) is 0 Å². The molecular weight excluding hydrogens is 386 g/mol. The number of nitrogens with zero attached hydrogens (tertiary/aromatic N) is 2.